The van der Waals surface area contributed by atoms with Gasteiger partial charge in [-0.15, -0.1) is 0 Å². The summed E-state index contributed by atoms with van der Waals surface area (Å²) >= 11 is 0. The molecule has 0 aromatic heterocycles. The molecule has 5 nitrogen and oxygen atoms in total. The van der Waals surface area contributed by atoms with Crippen LogP contribution in [-0.4, -0.2) is 66.3 Å². The summed E-state index contributed by atoms with van der Waals surface area (Å²) in [7, 11) is 0. The van der Waals surface area contributed by atoms with Crippen LogP contribution in [0.5, 0.6) is 0 Å². The van der Waals surface area contributed by atoms with E-state index in [1.165, 1.54) is 32.4 Å². The van der Waals surface area contributed by atoms with E-state index in [9.17, 15) is 4.79 Å². The number of carbonyl (C=O) groups is 1. The van der Waals surface area contributed by atoms with Crippen LogP contribution in [-0.2, 0) is 4.74 Å². The minimum Gasteiger partial charge on any atom is -0.444 e. The highest BCUT2D eigenvalue weighted by atomic mass is 16.6. The van der Waals surface area contributed by atoms with E-state index >= 15 is 0 Å². The SMILES string of the molecule is CC(C)(C)OC(=O)N1CCC(CNC2CCN3CCCC23)CC1. The van der Waals surface area contributed by atoms with Crippen LogP contribution in [0.15, 0.2) is 0 Å². The van der Waals surface area contributed by atoms with E-state index < -0.39 is 5.60 Å². The molecule has 0 aromatic carbocycles. The Balaban J connectivity index is 1.37. The first-order valence-electron chi connectivity index (χ1n) is 9.38. The molecular weight excluding hydrogens is 290 g/mol. The normalized spacial score (nSPS) is 29.8. The number of fused-ring (bicyclic) bond motifs is 1. The van der Waals surface area contributed by atoms with Crippen LogP contribution in [0.3, 0.4) is 0 Å². The fourth-order valence-electron chi connectivity index (χ4n) is 4.28. The van der Waals surface area contributed by atoms with Gasteiger partial charge in [0.25, 0.3) is 0 Å². The second kappa shape index (κ2) is 6.98. The third-order valence-electron chi connectivity index (χ3n) is 5.54. The van der Waals surface area contributed by atoms with Crippen molar-refractivity contribution in [2.45, 2.75) is 70.6 Å². The van der Waals surface area contributed by atoms with Gasteiger partial charge in [0.15, 0.2) is 0 Å². The van der Waals surface area contributed by atoms with Crippen LogP contribution < -0.4 is 5.32 Å². The Morgan fingerprint density at radius 1 is 1.09 bits per heavy atom. The number of hydrogen-bond donors (Lipinski definition) is 1. The van der Waals surface area contributed by atoms with Gasteiger partial charge in [0.1, 0.15) is 5.60 Å². The van der Waals surface area contributed by atoms with Crippen molar-refractivity contribution >= 4 is 6.09 Å². The molecule has 0 aromatic rings. The molecule has 23 heavy (non-hydrogen) atoms. The molecule has 132 valence electrons. The zero-order chi connectivity index (χ0) is 16.4. The lowest BCUT2D eigenvalue weighted by molar-refractivity contribution is 0.0183. The van der Waals surface area contributed by atoms with E-state index in [1.54, 1.807) is 0 Å². The van der Waals surface area contributed by atoms with Crippen LogP contribution in [0.25, 0.3) is 0 Å². The molecule has 0 spiro atoms. The van der Waals surface area contributed by atoms with E-state index in [4.69, 9.17) is 4.74 Å². The van der Waals surface area contributed by atoms with Crippen LogP contribution in [0.4, 0.5) is 4.79 Å². The van der Waals surface area contributed by atoms with Crippen LogP contribution in [0, 0.1) is 5.92 Å². The zero-order valence-corrected chi connectivity index (χ0v) is 15.0. The Hall–Kier alpha value is -0.810. The summed E-state index contributed by atoms with van der Waals surface area (Å²) in [5.74, 6) is 0.698. The molecule has 0 bridgehead atoms. The van der Waals surface area contributed by atoms with Gasteiger partial charge < -0.3 is 15.0 Å². The highest BCUT2D eigenvalue weighted by Gasteiger charge is 2.37. The second-order valence-corrected chi connectivity index (χ2v) is 8.46. The highest BCUT2D eigenvalue weighted by Crippen LogP contribution is 2.28. The Bertz CT molecular complexity index is 413. The van der Waals surface area contributed by atoms with Crippen molar-refractivity contribution in [1.82, 2.24) is 15.1 Å². The van der Waals surface area contributed by atoms with Gasteiger partial charge in [0.05, 0.1) is 0 Å². The fourth-order valence-corrected chi connectivity index (χ4v) is 4.28. The Kier molecular flexibility index (Phi) is 5.16. The Morgan fingerprint density at radius 3 is 2.52 bits per heavy atom. The first kappa shape index (κ1) is 17.0. The smallest absolute Gasteiger partial charge is 0.410 e. The zero-order valence-electron chi connectivity index (χ0n) is 15.0. The van der Waals surface area contributed by atoms with E-state index in [-0.39, 0.29) is 6.09 Å². The highest BCUT2D eigenvalue weighted by molar-refractivity contribution is 5.68. The minimum atomic E-state index is -0.398. The van der Waals surface area contributed by atoms with Gasteiger partial charge in [-0.05, 0) is 71.9 Å². The van der Waals surface area contributed by atoms with Crippen LogP contribution >= 0.6 is 0 Å². The molecule has 1 N–H and O–H groups in total. The summed E-state index contributed by atoms with van der Waals surface area (Å²) in [6.45, 7) is 11.1. The number of amides is 1. The molecule has 3 rings (SSSR count). The van der Waals surface area contributed by atoms with Gasteiger partial charge in [-0.1, -0.05) is 0 Å². The predicted molar refractivity (Wildman–Crippen MR) is 91.5 cm³/mol. The molecule has 0 radical (unpaired) electrons. The van der Waals surface area contributed by atoms with Crippen LogP contribution in [0.1, 0.15) is 52.9 Å². The molecule has 0 saturated carbocycles. The summed E-state index contributed by atoms with van der Waals surface area (Å²) in [5, 5.41) is 3.83. The number of rotatable bonds is 3. The molecular formula is C18H33N3O2. The number of piperidine rings is 1. The molecule has 5 heteroatoms. The average Bonchev–Trinajstić information content (AvgIpc) is 3.07. The van der Waals surface area contributed by atoms with Crippen LogP contribution in [0.2, 0.25) is 0 Å². The van der Waals surface area contributed by atoms with Gasteiger partial charge in [0.2, 0.25) is 0 Å². The maximum atomic E-state index is 12.1. The molecule has 0 aliphatic carbocycles. The molecule has 3 saturated heterocycles. The lowest BCUT2D eigenvalue weighted by Gasteiger charge is -2.34. The Labute approximate surface area is 140 Å². The summed E-state index contributed by atoms with van der Waals surface area (Å²) in [6.07, 6.45) is 6.08. The van der Waals surface area contributed by atoms with Crippen molar-refractivity contribution in [3.8, 4) is 0 Å². The van der Waals surface area contributed by atoms with Crippen molar-refractivity contribution in [3.63, 3.8) is 0 Å². The average molecular weight is 323 g/mol. The van der Waals surface area contributed by atoms with Crippen molar-refractivity contribution in [3.05, 3.63) is 0 Å². The summed E-state index contributed by atoms with van der Waals surface area (Å²) in [4.78, 5) is 16.6. The molecule has 3 fully saturated rings. The van der Waals surface area contributed by atoms with E-state index in [2.05, 4.69) is 10.2 Å². The topological polar surface area (TPSA) is 44.8 Å². The first-order chi connectivity index (χ1) is 10.9. The summed E-state index contributed by atoms with van der Waals surface area (Å²) in [6, 6.07) is 1.48. The van der Waals surface area contributed by atoms with E-state index in [1.807, 2.05) is 25.7 Å². The summed E-state index contributed by atoms with van der Waals surface area (Å²) < 4.78 is 5.47. The molecule has 3 heterocycles. The maximum absolute atomic E-state index is 12.1. The fraction of sp³-hybridized carbons (Fsp3) is 0.944. The van der Waals surface area contributed by atoms with Gasteiger partial charge >= 0.3 is 6.09 Å². The second-order valence-electron chi connectivity index (χ2n) is 8.46. The molecule has 1 amide bonds. The molecule has 2 atom stereocenters. The summed E-state index contributed by atoms with van der Waals surface area (Å²) in [5.41, 5.74) is -0.398. The monoisotopic (exact) mass is 323 g/mol. The van der Waals surface area contributed by atoms with Gasteiger partial charge in [-0.25, -0.2) is 4.79 Å². The molecule has 3 aliphatic heterocycles. The number of hydrogen-bond acceptors (Lipinski definition) is 4. The largest absolute Gasteiger partial charge is 0.444 e. The Morgan fingerprint density at radius 2 is 1.83 bits per heavy atom. The lowest BCUT2D eigenvalue weighted by Crippen LogP contribution is -2.45. The van der Waals surface area contributed by atoms with Gasteiger partial charge in [-0.2, -0.15) is 0 Å². The minimum absolute atomic E-state index is 0.152. The standard InChI is InChI=1S/C18H33N3O2/c1-18(2,3)23-17(22)21-10-6-14(7-11-21)13-19-15-8-12-20-9-4-5-16(15)20/h14-16,19H,4-13H2,1-3H3. The number of nitrogens with one attached hydrogen (secondary N) is 1. The van der Waals surface area contributed by atoms with Crippen molar-refractivity contribution in [1.29, 1.82) is 0 Å². The van der Waals surface area contributed by atoms with Gasteiger partial charge in [-0.3, -0.25) is 4.90 Å². The van der Waals surface area contributed by atoms with E-state index in [0.29, 0.717) is 12.0 Å². The number of likely N-dealkylation sites (tertiary alicyclic amines) is 1. The first-order valence-corrected chi connectivity index (χ1v) is 9.38. The number of nitrogens with zero attached hydrogens (tertiary/aromatic N) is 2. The van der Waals surface area contributed by atoms with Crippen molar-refractivity contribution < 1.29 is 9.53 Å². The number of ether oxygens (including phenoxy) is 1. The molecule has 2 unspecified atom stereocenters. The third kappa shape index (κ3) is 4.38. The van der Waals surface area contributed by atoms with Crippen molar-refractivity contribution in [2.24, 2.45) is 5.92 Å². The predicted octanol–water partition coefficient (Wildman–Crippen LogP) is 2.46. The van der Waals surface area contributed by atoms with Gasteiger partial charge in [0, 0.05) is 31.7 Å². The maximum Gasteiger partial charge on any atom is 0.410 e. The van der Waals surface area contributed by atoms with Crippen molar-refractivity contribution in [2.75, 3.05) is 32.7 Å². The number of carbonyl (C=O) groups excluding carboxylic acids is 1. The van der Waals surface area contributed by atoms with E-state index in [0.717, 1.165) is 38.5 Å². The molecule has 3 aliphatic rings. The lowest BCUT2D eigenvalue weighted by atomic mass is 9.96. The third-order valence-corrected chi connectivity index (χ3v) is 5.54. The quantitative estimate of drug-likeness (QED) is 0.866.